The van der Waals surface area contributed by atoms with Gasteiger partial charge in [-0.15, -0.1) is 0 Å². The lowest BCUT2D eigenvalue weighted by molar-refractivity contribution is -0.126. The number of ether oxygens (including phenoxy) is 1. The Hall–Kier alpha value is -1.55. The fourth-order valence-electron chi connectivity index (χ4n) is 2.18. The van der Waals surface area contributed by atoms with Gasteiger partial charge in [-0.2, -0.15) is 0 Å². The molecule has 0 radical (unpaired) electrons. The molecule has 0 spiro atoms. The van der Waals surface area contributed by atoms with Crippen LogP contribution in [0.5, 0.6) is 5.75 Å². The second kappa shape index (κ2) is 5.40. The van der Waals surface area contributed by atoms with Gasteiger partial charge in [0.1, 0.15) is 5.75 Å². The fourth-order valence-corrected chi connectivity index (χ4v) is 2.18. The highest BCUT2D eigenvalue weighted by Crippen LogP contribution is 2.34. The summed E-state index contributed by atoms with van der Waals surface area (Å²) in [6.07, 6.45) is 2.23. The molecule has 0 bridgehead atoms. The first-order valence-corrected chi connectivity index (χ1v) is 6.44. The largest absolute Gasteiger partial charge is 0.478 e. The molecule has 0 aliphatic carbocycles. The first kappa shape index (κ1) is 12.9. The maximum atomic E-state index is 12.0. The Bertz CT molecular complexity index is 445. The SMILES string of the molecule is CCC1Oc2ccc(CCCN)cc2N(C)C1=O. The molecular formula is C14H20N2O2. The predicted molar refractivity (Wildman–Crippen MR) is 71.9 cm³/mol. The third-order valence-corrected chi connectivity index (χ3v) is 3.30. The summed E-state index contributed by atoms with van der Waals surface area (Å²) >= 11 is 0. The van der Waals surface area contributed by atoms with Crippen molar-refractivity contribution in [3.63, 3.8) is 0 Å². The molecule has 98 valence electrons. The topological polar surface area (TPSA) is 55.6 Å². The summed E-state index contributed by atoms with van der Waals surface area (Å²) in [5, 5.41) is 0. The van der Waals surface area contributed by atoms with Crippen LogP contribution in [0.2, 0.25) is 0 Å². The number of carbonyl (C=O) groups is 1. The molecule has 18 heavy (non-hydrogen) atoms. The molecule has 1 aliphatic rings. The van der Waals surface area contributed by atoms with Crippen molar-refractivity contribution < 1.29 is 9.53 Å². The van der Waals surface area contributed by atoms with Gasteiger partial charge in [-0.25, -0.2) is 0 Å². The van der Waals surface area contributed by atoms with Gasteiger partial charge in [0.15, 0.2) is 6.10 Å². The zero-order valence-electron chi connectivity index (χ0n) is 11.0. The lowest BCUT2D eigenvalue weighted by atomic mass is 10.1. The van der Waals surface area contributed by atoms with Crippen LogP contribution in [0.1, 0.15) is 25.3 Å². The normalized spacial score (nSPS) is 18.5. The molecule has 0 saturated heterocycles. The van der Waals surface area contributed by atoms with Crippen molar-refractivity contribution in [1.82, 2.24) is 0 Å². The Morgan fingerprint density at radius 2 is 2.22 bits per heavy atom. The van der Waals surface area contributed by atoms with Crippen LogP contribution in [-0.4, -0.2) is 25.6 Å². The summed E-state index contributed by atoms with van der Waals surface area (Å²) in [5.41, 5.74) is 7.56. The number of aryl methyl sites for hydroxylation is 1. The Balaban J connectivity index is 2.27. The number of carbonyl (C=O) groups excluding carboxylic acids is 1. The molecule has 1 aromatic rings. The summed E-state index contributed by atoms with van der Waals surface area (Å²) in [6, 6.07) is 6.02. The van der Waals surface area contributed by atoms with E-state index in [9.17, 15) is 4.79 Å². The van der Waals surface area contributed by atoms with Gasteiger partial charge in [0.05, 0.1) is 5.69 Å². The van der Waals surface area contributed by atoms with E-state index in [1.54, 1.807) is 11.9 Å². The molecule has 0 saturated carbocycles. The standard InChI is InChI=1S/C14H20N2O2/c1-3-12-14(17)16(2)11-9-10(5-4-8-15)6-7-13(11)18-12/h6-7,9,12H,3-5,8,15H2,1-2H3. The van der Waals surface area contributed by atoms with Crippen LogP contribution in [0.25, 0.3) is 0 Å². The highest BCUT2D eigenvalue weighted by atomic mass is 16.5. The third kappa shape index (κ3) is 2.34. The number of nitrogens with zero attached hydrogens (tertiary/aromatic N) is 1. The Labute approximate surface area is 108 Å². The highest BCUT2D eigenvalue weighted by Gasteiger charge is 2.30. The van der Waals surface area contributed by atoms with E-state index in [1.165, 1.54) is 5.56 Å². The van der Waals surface area contributed by atoms with Gasteiger partial charge in [0.2, 0.25) is 0 Å². The molecule has 2 rings (SSSR count). The van der Waals surface area contributed by atoms with Crippen LogP contribution in [0.15, 0.2) is 18.2 Å². The molecule has 1 unspecified atom stereocenters. The van der Waals surface area contributed by atoms with E-state index >= 15 is 0 Å². The van der Waals surface area contributed by atoms with E-state index in [-0.39, 0.29) is 12.0 Å². The van der Waals surface area contributed by atoms with Crippen LogP contribution < -0.4 is 15.4 Å². The first-order valence-electron chi connectivity index (χ1n) is 6.44. The van der Waals surface area contributed by atoms with E-state index in [0.717, 1.165) is 24.3 Å². The first-order chi connectivity index (χ1) is 8.67. The summed E-state index contributed by atoms with van der Waals surface area (Å²) < 4.78 is 5.71. The fraction of sp³-hybridized carbons (Fsp3) is 0.500. The zero-order chi connectivity index (χ0) is 13.1. The van der Waals surface area contributed by atoms with Gasteiger partial charge in [-0.3, -0.25) is 4.79 Å². The summed E-state index contributed by atoms with van der Waals surface area (Å²) in [6.45, 7) is 2.64. The zero-order valence-corrected chi connectivity index (χ0v) is 11.0. The van der Waals surface area contributed by atoms with Gasteiger partial charge in [-0.05, 0) is 43.5 Å². The molecule has 0 aromatic heterocycles. The number of benzene rings is 1. The predicted octanol–water partition coefficient (Wildman–Crippen LogP) is 1.71. The van der Waals surface area contributed by atoms with Crippen LogP contribution in [0.3, 0.4) is 0 Å². The molecule has 4 nitrogen and oxygen atoms in total. The Morgan fingerprint density at radius 3 is 2.89 bits per heavy atom. The minimum absolute atomic E-state index is 0.0287. The second-order valence-corrected chi connectivity index (χ2v) is 4.61. The lowest BCUT2D eigenvalue weighted by Crippen LogP contribution is -2.43. The number of likely N-dealkylation sites (N-methyl/N-ethyl adjacent to an activating group) is 1. The van der Waals surface area contributed by atoms with Crippen LogP contribution in [-0.2, 0) is 11.2 Å². The maximum Gasteiger partial charge on any atom is 0.267 e. The Kier molecular flexibility index (Phi) is 3.87. The number of amides is 1. The van der Waals surface area contributed by atoms with Gasteiger partial charge in [-0.1, -0.05) is 13.0 Å². The Morgan fingerprint density at radius 1 is 1.44 bits per heavy atom. The molecule has 1 heterocycles. The number of nitrogens with two attached hydrogens (primary N) is 1. The van der Waals surface area contributed by atoms with Crippen LogP contribution >= 0.6 is 0 Å². The third-order valence-electron chi connectivity index (χ3n) is 3.30. The molecule has 1 aromatic carbocycles. The number of fused-ring (bicyclic) bond motifs is 1. The minimum Gasteiger partial charge on any atom is -0.478 e. The lowest BCUT2D eigenvalue weighted by Gasteiger charge is -2.31. The van der Waals surface area contributed by atoms with Crippen molar-refractivity contribution in [2.75, 3.05) is 18.5 Å². The van der Waals surface area contributed by atoms with Crippen LogP contribution in [0.4, 0.5) is 5.69 Å². The summed E-state index contributed by atoms with van der Waals surface area (Å²) in [4.78, 5) is 13.7. The van der Waals surface area contributed by atoms with Gasteiger partial charge >= 0.3 is 0 Å². The number of hydrogen-bond donors (Lipinski definition) is 1. The van der Waals surface area contributed by atoms with E-state index in [0.29, 0.717) is 13.0 Å². The molecule has 1 aliphatic heterocycles. The molecule has 2 N–H and O–H groups in total. The number of rotatable bonds is 4. The maximum absolute atomic E-state index is 12.0. The van der Waals surface area contributed by atoms with E-state index < -0.39 is 0 Å². The monoisotopic (exact) mass is 248 g/mol. The molecule has 4 heteroatoms. The average Bonchev–Trinajstić information content (AvgIpc) is 2.40. The molecule has 1 atom stereocenters. The van der Waals surface area contributed by atoms with Gasteiger partial charge < -0.3 is 15.4 Å². The smallest absolute Gasteiger partial charge is 0.267 e. The quantitative estimate of drug-likeness (QED) is 0.882. The van der Waals surface area contributed by atoms with Crippen LogP contribution in [0, 0.1) is 0 Å². The van der Waals surface area contributed by atoms with E-state index in [1.807, 2.05) is 25.1 Å². The van der Waals surface area contributed by atoms with E-state index in [2.05, 4.69) is 0 Å². The second-order valence-electron chi connectivity index (χ2n) is 4.61. The number of anilines is 1. The summed E-state index contributed by atoms with van der Waals surface area (Å²) in [5.74, 6) is 0.821. The van der Waals surface area contributed by atoms with Crippen molar-refractivity contribution in [2.24, 2.45) is 5.73 Å². The van der Waals surface area contributed by atoms with Crippen molar-refractivity contribution in [2.45, 2.75) is 32.3 Å². The van der Waals surface area contributed by atoms with Gasteiger partial charge in [0.25, 0.3) is 5.91 Å². The highest BCUT2D eigenvalue weighted by molar-refractivity contribution is 5.99. The van der Waals surface area contributed by atoms with E-state index in [4.69, 9.17) is 10.5 Å². The minimum atomic E-state index is -0.350. The number of hydrogen-bond acceptors (Lipinski definition) is 3. The van der Waals surface area contributed by atoms with Crippen molar-refractivity contribution >= 4 is 11.6 Å². The summed E-state index contributed by atoms with van der Waals surface area (Å²) in [7, 11) is 1.80. The van der Waals surface area contributed by atoms with Gasteiger partial charge in [0, 0.05) is 7.05 Å². The molecule has 0 fully saturated rings. The molecule has 1 amide bonds. The van der Waals surface area contributed by atoms with Crippen molar-refractivity contribution in [1.29, 1.82) is 0 Å². The molecular weight excluding hydrogens is 228 g/mol. The van der Waals surface area contributed by atoms with Crippen molar-refractivity contribution in [3.8, 4) is 5.75 Å². The van der Waals surface area contributed by atoms with Crippen molar-refractivity contribution in [3.05, 3.63) is 23.8 Å². The average molecular weight is 248 g/mol.